The summed E-state index contributed by atoms with van der Waals surface area (Å²) in [6, 6.07) is 8.20. The summed E-state index contributed by atoms with van der Waals surface area (Å²) in [5.74, 6) is -0.0705. The second-order valence-corrected chi connectivity index (χ2v) is 7.40. The van der Waals surface area contributed by atoms with Crippen LogP contribution in [0.2, 0.25) is 0 Å². The molecule has 0 atom stereocenters. The van der Waals surface area contributed by atoms with Crippen LogP contribution in [-0.4, -0.2) is 39.2 Å². The molecule has 0 saturated carbocycles. The minimum atomic E-state index is -0.0705. The minimum Gasteiger partial charge on any atom is -0.301 e. The number of nitrogens with zero attached hydrogens (tertiary/aromatic N) is 4. The van der Waals surface area contributed by atoms with Gasteiger partial charge in [-0.2, -0.15) is 5.10 Å². The monoisotopic (exact) mass is 369 g/mol. The number of likely N-dealkylation sites (N-methyl/N-ethyl adjacent to an activating group) is 1. The minimum absolute atomic E-state index is 0.0705. The van der Waals surface area contributed by atoms with E-state index >= 15 is 0 Å². The molecule has 0 spiro atoms. The molecule has 0 unspecified atom stereocenters. The fourth-order valence-corrected chi connectivity index (χ4v) is 3.48. The van der Waals surface area contributed by atoms with Gasteiger partial charge in [0, 0.05) is 36.3 Å². The van der Waals surface area contributed by atoms with Gasteiger partial charge in [0.2, 0.25) is 5.91 Å². The SMILES string of the molecule is Cc1ccc(-c2csc(NC(=O)CN(C)Cc3cn(C)nc3C)n2)cc1. The Morgan fingerprint density at radius 2 is 2.00 bits per heavy atom. The van der Waals surface area contributed by atoms with E-state index in [-0.39, 0.29) is 5.91 Å². The van der Waals surface area contributed by atoms with Crippen molar-refractivity contribution in [3.8, 4) is 11.3 Å². The normalized spacial score (nSPS) is 11.1. The number of aromatic nitrogens is 3. The summed E-state index contributed by atoms with van der Waals surface area (Å²) in [7, 11) is 3.82. The van der Waals surface area contributed by atoms with Gasteiger partial charge in [0.25, 0.3) is 0 Å². The molecule has 0 aliphatic rings. The van der Waals surface area contributed by atoms with Crippen molar-refractivity contribution in [1.82, 2.24) is 19.7 Å². The Morgan fingerprint density at radius 1 is 1.27 bits per heavy atom. The zero-order valence-corrected chi connectivity index (χ0v) is 16.3. The first-order chi connectivity index (χ1) is 12.4. The smallest absolute Gasteiger partial charge is 0.240 e. The lowest BCUT2D eigenvalue weighted by atomic mass is 10.1. The molecule has 0 radical (unpaired) electrons. The number of aryl methyl sites for hydroxylation is 3. The summed E-state index contributed by atoms with van der Waals surface area (Å²) >= 11 is 1.44. The molecule has 3 aromatic rings. The van der Waals surface area contributed by atoms with Gasteiger partial charge < -0.3 is 5.32 Å². The number of hydrogen-bond donors (Lipinski definition) is 1. The molecule has 1 N–H and O–H groups in total. The van der Waals surface area contributed by atoms with Gasteiger partial charge in [0.05, 0.1) is 17.9 Å². The van der Waals surface area contributed by atoms with Gasteiger partial charge in [0.15, 0.2) is 5.13 Å². The number of nitrogens with one attached hydrogen (secondary N) is 1. The molecular formula is C19H23N5OS. The van der Waals surface area contributed by atoms with Gasteiger partial charge in [-0.15, -0.1) is 11.3 Å². The number of amides is 1. The highest BCUT2D eigenvalue weighted by Crippen LogP contribution is 2.25. The van der Waals surface area contributed by atoms with Crippen LogP contribution in [0.15, 0.2) is 35.8 Å². The van der Waals surface area contributed by atoms with Crippen LogP contribution in [0.1, 0.15) is 16.8 Å². The van der Waals surface area contributed by atoms with E-state index in [0.717, 1.165) is 22.5 Å². The average Bonchev–Trinajstić information content (AvgIpc) is 3.14. The van der Waals surface area contributed by atoms with Crippen molar-refractivity contribution in [2.24, 2.45) is 7.05 Å². The van der Waals surface area contributed by atoms with E-state index in [0.29, 0.717) is 18.2 Å². The highest BCUT2D eigenvalue weighted by atomic mass is 32.1. The first kappa shape index (κ1) is 18.3. The molecule has 0 aliphatic carbocycles. The van der Waals surface area contributed by atoms with E-state index in [1.54, 1.807) is 4.68 Å². The van der Waals surface area contributed by atoms with Crippen LogP contribution >= 0.6 is 11.3 Å². The zero-order valence-electron chi connectivity index (χ0n) is 15.5. The van der Waals surface area contributed by atoms with Gasteiger partial charge >= 0.3 is 0 Å². The topological polar surface area (TPSA) is 63.1 Å². The van der Waals surface area contributed by atoms with Gasteiger partial charge in [0.1, 0.15) is 0 Å². The molecule has 7 heteroatoms. The summed E-state index contributed by atoms with van der Waals surface area (Å²) < 4.78 is 1.79. The standard InChI is InChI=1S/C19H23N5OS/c1-13-5-7-15(8-6-13)17-12-26-19(20-17)21-18(25)11-23(3)9-16-10-24(4)22-14(16)2/h5-8,10,12H,9,11H2,1-4H3,(H,20,21,25). The third-order valence-corrected chi connectivity index (χ3v) is 4.82. The van der Waals surface area contributed by atoms with E-state index in [1.807, 2.05) is 49.6 Å². The second kappa shape index (κ2) is 7.80. The van der Waals surface area contributed by atoms with Crippen LogP contribution in [0.3, 0.4) is 0 Å². The van der Waals surface area contributed by atoms with Gasteiger partial charge in [-0.05, 0) is 20.9 Å². The lowest BCUT2D eigenvalue weighted by Gasteiger charge is -2.15. The Bertz CT molecular complexity index is 897. The second-order valence-electron chi connectivity index (χ2n) is 6.54. The van der Waals surface area contributed by atoms with Crippen LogP contribution in [0.25, 0.3) is 11.3 Å². The number of thiazole rings is 1. The Hall–Kier alpha value is -2.51. The maximum Gasteiger partial charge on any atom is 0.240 e. The lowest BCUT2D eigenvalue weighted by molar-refractivity contribution is -0.117. The van der Waals surface area contributed by atoms with Crippen molar-refractivity contribution in [2.75, 3.05) is 18.9 Å². The Balaban J connectivity index is 1.56. The lowest BCUT2D eigenvalue weighted by Crippen LogP contribution is -2.29. The van der Waals surface area contributed by atoms with Crippen molar-refractivity contribution in [1.29, 1.82) is 0 Å². The van der Waals surface area contributed by atoms with E-state index in [9.17, 15) is 4.79 Å². The van der Waals surface area contributed by atoms with Crippen LogP contribution in [0.4, 0.5) is 5.13 Å². The molecule has 0 bridgehead atoms. The van der Waals surface area contributed by atoms with Crippen molar-refractivity contribution >= 4 is 22.4 Å². The predicted octanol–water partition coefficient (Wildman–Crippen LogP) is 3.23. The van der Waals surface area contributed by atoms with E-state index in [1.165, 1.54) is 16.9 Å². The highest BCUT2D eigenvalue weighted by Gasteiger charge is 2.12. The molecule has 0 fully saturated rings. The molecule has 1 amide bonds. The first-order valence-corrected chi connectivity index (χ1v) is 9.29. The third kappa shape index (κ3) is 4.56. The molecule has 0 saturated heterocycles. The van der Waals surface area contributed by atoms with Gasteiger partial charge in [-0.25, -0.2) is 4.98 Å². The van der Waals surface area contributed by atoms with Crippen molar-refractivity contribution in [2.45, 2.75) is 20.4 Å². The summed E-state index contributed by atoms with van der Waals surface area (Å²) in [6.07, 6.45) is 1.98. The molecule has 0 aliphatic heterocycles. The maximum absolute atomic E-state index is 12.3. The van der Waals surface area contributed by atoms with Crippen LogP contribution in [0.5, 0.6) is 0 Å². The van der Waals surface area contributed by atoms with Crippen LogP contribution < -0.4 is 5.32 Å². The van der Waals surface area contributed by atoms with Gasteiger partial charge in [-0.1, -0.05) is 29.8 Å². The Labute approximate surface area is 157 Å². The van der Waals surface area contributed by atoms with E-state index in [2.05, 4.69) is 34.5 Å². The first-order valence-electron chi connectivity index (χ1n) is 8.41. The predicted molar refractivity (Wildman–Crippen MR) is 105 cm³/mol. The zero-order chi connectivity index (χ0) is 18.7. The largest absolute Gasteiger partial charge is 0.301 e. The quantitative estimate of drug-likeness (QED) is 0.725. The number of benzene rings is 1. The average molecular weight is 369 g/mol. The molecule has 2 aromatic heterocycles. The van der Waals surface area contributed by atoms with Crippen molar-refractivity contribution in [3.63, 3.8) is 0 Å². The number of rotatable bonds is 6. The Morgan fingerprint density at radius 3 is 2.65 bits per heavy atom. The third-order valence-electron chi connectivity index (χ3n) is 4.07. The van der Waals surface area contributed by atoms with Crippen molar-refractivity contribution in [3.05, 3.63) is 52.7 Å². The maximum atomic E-state index is 12.3. The fraction of sp³-hybridized carbons (Fsp3) is 0.316. The molecule has 2 heterocycles. The molecule has 136 valence electrons. The molecule has 6 nitrogen and oxygen atoms in total. The molecule has 1 aromatic carbocycles. The summed E-state index contributed by atoms with van der Waals surface area (Å²) in [4.78, 5) is 18.8. The summed E-state index contributed by atoms with van der Waals surface area (Å²) in [5.41, 5.74) is 5.26. The van der Waals surface area contributed by atoms with E-state index in [4.69, 9.17) is 0 Å². The number of anilines is 1. The van der Waals surface area contributed by atoms with Crippen LogP contribution in [-0.2, 0) is 18.4 Å². The van der Waals surface area contributed by atoms with Crippen LogP contribution in [0, 0.1) is 13.8 Å². The number of hydrogen-bond acceptors (Lipinski definition) is 5. The Kier molecular flexibility index (Phi) is 5.49. The van der Waals surface area contributed by atoms with E-state index < -0.39 is 0 Å². The van der Waals surface area contributed by atoms with Gasteiger partial charge in [-0.3, -0.25) is 14.4 Å². The molecule has 26 heavy (non-hydrogen) atoms. The summed E-state index contributed by atoms with van der Waals surface area (Å²) in [5, 5.41) is 9.80. The number of carbonyl (C=O) groups excluding carboxylic acids is 1. The van der Waals surface area contributed by atoms with Crippen molar-refractivity contribution < 1.29 is 4.79 Å². The summed E-state index contributed by atoms with van der Waals surface area (Å²) in [6.45, 7) is 5.01. The molecular weight excluding hydrogens is 346 g/mol. The fourth-order valence-electron chi connectivity index (χ4n) is 2.74. The highest BCUT2D eigenvalue weighted by molar-refractivity contribution is 7.14. The number of carbonyl (C=O) groups is 1. The molecule has 3 rings (SSSR count).